The second kappa shape index (κ2) is 4.49. The normalized spacial score (nSPS) is 11.4. The lowest BCUT2D eigenvalue weighted by Crippen LogP contribution is -1.95. The fourth-order valence-electron chi connectivity index (χ4n) is 2.59. The first-order valence-corrected chi connectivity index (χ1v) is 6.74. The highest BCUT2D eigenvalue weighted by Gasteiger charge is 2.18. The molecule has 0 atom stereocenters. The van der Waals surface area contributed by atoms with Crippen LogP contribution in [0, 0.1) is 5.82 Å². The molecule has 6 heteroatoms. The molecule has 2 N–H and O–H groups in total. The van der Waals surface area contributed by atoms with E-state index in [0.717, 1.165) is 5.39 Å². The number of imidazole rings is 1. The number of fused-ring (bicyclic) bond motifs is 2. The van der Waals surface area contributed by atoms with Gasteiger partial charge in [-0.05, 0) is 36.4 Å². The lowest BCUT2D eigenvalue weighted by molar-refractivity contribution is 0.476. The smallest absolute Gasteiger partial charge is 0.175 e. The van der Waals surface area contributed by atoms with Crippen LogP contribution in [0.15, 0.2) is 47.0 Å². The van der Waals surface area contributed by atoms with E-state index >= 15 is 0 Å². The number of hydrogen-bond donors (Lipinski definition) is 2. The van der Waals surface area contributed by atoms with Gasteiger partial charge in [0.2, 0.25) is 0 Å². The maximum atomic E-state index is 13.9. The van der Waals surface area contributed by atoms with E-state index < -0.39 is 5.82 Å². The molecule has 0 unspecified atom stereocenters. The number of pyridine rings is 1. The Morgan fingerprint density at radius 3 is 2.95 bits per heavy atom. The van der Waals surface area contributed by atoms with Crippen molar-refractivity contribution < 1.29 is 13.9 Å². The maximum Gasteiger partial charge on any atom is 0.175 e. The van der Waals surface area contributed by atoms with Gasteiger partial charge in [0.05, 0.1) is 0 Å². The highest BCUT2D eigenvalue weighted by molar-refractivity contribution is 5.86. The molecule has 0 amide bonds. The van der Waals surface area contributed by atoms with Gasteiger partial charge in [-0.3, -0.25) is 4.40 Å². The molecule has 22 heavy (non-hydrogen) atoms. The number of benzene rings is 1. The summed E-state index contributed by atoms with van der Waals surface area (Å²) in [6.07, 6.45) is 1.73. The lowest BCUT2D eigenvalue weighted by Gasteiger charge is -2.01. The van der Waals surface area contributed by atoms with E-state index in [1.807, 2.05) is 0 Å². The van der Waals surface area contributed by atoms with Crippen LogP contribution in [0.4, 0.5) is 10.2 Å². The van der Waals surface area contributed by atoms with Gasteiger partial charge >= 0.3 is 0 Å². The Labute approximate surface area is 124 Å². The van der Waals surface area contributed by atoms with Crippen molar-refractivity contribution in [2.24, 2.45) is 0 Å². The monoisotopic (exact) mass is 297 g/mol. The van der Waals surface area contributed by atoms with Crippen LogP contribution in [-0.2, 0) is 0 Å². The van der Waals surface area contributed by atoms with Crippen LogP contribution in [0.1, 0.15) is 0 Å². The molecule has 4 rings (SSSR count). The largest absolute Gasteiger partial charge is 0.508 e. The van der Waals surface area contributed by atoms with Crippen molar-refractivity contribution >= 4 is 22.4 Å². The Morgan fingerprint density at radius 1 is 1.27 bits per heavy atom. The van der Waals surface area contributed by atoms with Crippen molar-refractivity contribution in [1.82, 2.24) is 9.38 Å². The predicted molar refractivity (Wildman–Crippen MR) is 81.6 cm³/mol. The van der Waals surface area contributed by atoms with Crippen LogP contribution < -0.4 is 5.32 Å². The highest BCUT2D eigenvalue weighted by Crippen LogP contribution is 2.34. The van der Waals surface area contributed by atoms with Gasteiger partial charge in [0.15, 0.2) is 17.2 Å². The van der Waals surface area contributed by atoms with Crippen LogP contribution in [-0.4, -0.2) is 21.5 Å². The number of hydrogen-bond acceptors (Lipinski definition) is 4. The summed E-state index contributed by atoms with van der Waals surface area (Å²) < 4.78 is 21.3. The standard InChI is InChI=1S/C16H12FN3O2/c1-18-16-14(19-15-11(17)3-2-6-20(15)16)13-8-9-7-10(21)4-5-12(9)22-13/h2-8,18,21H,1H3. The van der Waals surface area contributed by atoms with Crippen molar-refractivity contribution in [3.8, 4) is 17.2 Å². The summed E-state index contributed by atoms with van der Waals surface area (Å²) in [5.74, 6) is 0.902. The quantitative estimate of drug-likeness (QED) is 0.593. The average molecular weight is 297 g/mol. The number of nitrogens with one attached hydrogen (secondary N) is 1. The van der Waals surface area contributed by atoms with Crippen LogP contribution in [0.3, 0.4) is 0 Å². The number of phenolic OH excluding ortho intramolecular Hbond substituents is 1. The number of phenols is 1. The third-order valence-electron chi connectivity index (χ3n) is 3.57. The number of rotatable bonds is 2. The van der Waals surface area contributed by atoms with E-state index in [4.69, 9.17) is 4.42 Å². The first-order valence-electron chi connectivity index (χ1n) is 6.74. The summed E-state index contributed by atoms with van der Waals surface area (Å²) in [7, 11) is 1.74. The minimum atomic E-state index is -0.404. The van der Waals surface area contributed by atoms with E-state index in [9.17, 15) is 9.50 Å². The number of anilines is 1. The van der Waals surface area contributed by atoms with Crippen molar-refractivity contribution in [3.63, 3.8) is 0 Å². The first kappa shape index (κ1) is 12.7. The van der Waals surface area contributed by atoms with Crippen LogP contribution in [0.5, 0.6) is 5.75 Å². The zero-order chi connectivity index (χ0) is 15.3. The van der Waals surface area contributed by atoms with E-state index in [1.54, 1.807) is 48.0 Å². The van der Waals surface area contributed by atoms with Gasteiger partial charge < -0.3 is 14.8 Å². The van der Waals surface area contributed by atoms with Gasteiger partial charge in [0, 0.05) is 18.6 Å². The summed E-state index contributed by atoms with van der Waals surface area (Å²) in [4.78, 5) is 4.34. The van der Waals surface area contributed by atoms with Gasteiger partial charge in [-0.15, -0.1) is 0 Å². The second-order valence-corrected chi connectivity index (χ2v) is 4.94. The topological polar surface area (TPSA) is 62.7 Å². The lowest BCUT2D eigenvalue weighted by atomic mass is 10.2. The van der Waals surface area contributed by atoms with Crippen molar-refractivity contribution in [1.29, 1.82) is 0 Å². The van der Waals surface area contributed by atoms with Crippen molar-refractivity contribution in [2.75, 3.05) is 12.4 Å². The molecule has 5 nitrogen and oxygen atoms in total. The predicted octanol–water partition coefficient (Wildman–Crippen LogP) is 3.63. The van der Waals surface area contributed by atoms with E-state index in [2.05, 4.69) is 10.3 Å². The molecule has 0 aliphatic rings. The fourth-order valence-corrected chi connectivity index (χ4v) is 2.59. The highest BCUT2D eigenvalue weighted by atomic mass is 19.1. The fraction of sp³-hybridized carbons (Fsp3) is 0.0625. The molecule has 0 bridgehead atoms. The molecular formula is C16H12FN3O2. The number of aromatic nitrogens is 2. The van der Waals surface area contributed by atoms with Gasteiger partial charge in [0.25, 0.3) is 0 Å². The molecule has 0 fully saturated rings. The molecule has 3 heterocycles. The summed E-state index contributed by atoms with van der Waals surface area (Å²) >= 11 is 0. The minimum absolute atomic E-state index is 0.162. The molecular weight excluding hydrogens is 285 g/mol. The molecule has 0 saturated carbocycles. The SMILES string of the molecule is CNc1c(-c2cc3cc(O)ccc3o2)nc2c(F)cccn12. The third kappa shape index (κ3) is 1.74. The maximum absolute atomic E-state index is 13.9. The zero-order valence-electron chi connectivity index (χ0n) is 11.7. The summed E-state index contributed by atoms with van der Waals surface area (Å²) in [5.41, 5.74) is 1.38. The molecule has 0 aliphatic heterocycles. The van der Waals surface area contributed by atoms with Crippen LogP contribution in [0.25, 0.3) is 28.1 Å². The Balaban J connectivity index is 2.00. The molecule has 4 aromatic rings. The first-order chi connectivity index (χ1) is 10.7. The minimum Gasteiger partial charge on any atom is -0.508 e. The zero-order valence-corrected chi connectivity index (χ0v) is 11.7. The molecule has 0 spiro atoms. The summed E-state index contributed by atoms with van der Waals surface area (Å²) in [5, 5.41) is 13.3. The van der Waals surface area contributed by atoms with E-state index in [0.29, 0.717) is 22.9 Å². The van der Waals surface area contributed by atoms with Gasteiger partial charge in [-0.1, -0.05) is 0 Å². The molecule has 1 aromatic carbocycles. The third-order valence-corrected chi connectivity index (χ3v) is 3.57. The molecule has 3 aromatic heterocycles. The van der Waals surface area contributed by atoms with E-state index in [-0.39, 0.29) is 11.4 Å². The Morgan fingerprint density at radius 2 is 2.14 bits per heavy atom. The van der Waals surface area contributed by atoms with E-state index in [1.165, 1.54) is 6.07 Å². The average Bonchev–Trinajstić information content (AvgIpc) is 3.07. The molecule has 0 radical (unpaired) electrons. The molecule has 0 saturated heterocycles. The Hall–Kier alpha value is -3.02. The van der Waals surface area contributed by atoms with Crippen molar-refractivity contribution in [2.45, 2.75) is 0 Å². The van der Waals surface area contributed by atoms with Crippen LogP contribution in [0.2, 0.25) is 0 Å². The summed E-state index contributed by atoms with van der Waals surface area (Å²) in [6.45, 7) is 0. The van der Waals surface area contributed by atoms with Gasteiger partial charge in [-0.2, -0.15) is 0 Å². The summed E-state index contributed by atoms with van der Waals surface area (Å²) in [6, 6.07) is 9.60. The van der Waals surface area contributed by atoms with Crippen molar-refractivity contribution in [3.05, 3.63) is 48.4 Å². The number of furan rings is 1. The molecule has 0 aliphatic carbocycles. The number of nitrogens with zero attached hydrogens (tertiary/aromatic N) is 2. The Kier molecular flexibility index (Phi) is 2.59. The number of aromatic hydroxyl groups is 1. The second-order valence-electron chi connectivity index (χ2n) is 4.94. The molecule has 110 valence electrons. The Bertz CT molecular complexity index is 1000. The van der Waals surface area contributed by atoms with Crippen LogP contribution >= 0.6 is 0 Å². The number of halogens is 1. The van der Waals surface area contributed by atoms with Gasteiger partial charge in [-0.25, -0.2) is 9.37 Å². The van der Waals surface area contributed by atoms with Gasteiger partial charge in [0.1, 0.15) is 22.8 Å².